The highest BCUT2D eigenvalue weighted by molar-refractivity contribution is 5.93. The number of carbonyl (C=O) groups excluding carboxylic acids is 1. The van der Waals surface area contributed by atoms with E-state index >= 15 is 0 Å². The summed E-state index contributed by atoms with van der Waals surface area (Å²) < 4.78 is 18.2. The van der Waals surface area contributed by atoms with Gasteiger partial charge in [0.25, 0.3) is 5.91 Å². The Labute approximate surface area is 123 Å². The molecule has 2 rings (SSSR count). The first-order valence-electron chi connectivity index (χ1n) is 6.70. The normalized spacial score (nSPS) is 10.5. The van der Waals surface area contributed by atoms with Crippen LogP contribution in [0.3, 0.4) is 0 Å². The molecule has 0 unspecified atom stereocenters. The second-order valence-corrected chi connectivity index (χ2v) is 4.86. The largest absolute Gasteiger partial charge is 0.475 e. The van der Waals surface area contributed by atoms with Gasteiger partial charge in [0.15, 0.2) is 0 Å². The number of pyridine rings is 1. The van der Waals surface area contributed by atoms with Crippen molar-refractivity contribution in [3.05, 3.63) is 59.5 Å². The molecule has 4 nitrogen and oxygen atoms in total. The molecule has 5 heteroatoms. The Morgan fingerprint density at radius 3 is 2.52 bits per heavy atom. The molecule has 0 aliphatic carbocycles. The number of amides is 1. The van der Waals surface area contributed by atoms with Gasteiger partial charge in [0, 0.05) is 18.8 Å². The number of nitrogens with one attached hydrogen (secondary N) is 1. The highest BCUT2D eigenvalue weighted by Gasteiger charge is 2.07. The van der Waals surface area contributed by atoms with Gasteiger partial charge in [-0.2, -0.15) is 0 Å². The number of rotatable bonds is 5. The van der Waals surface area contributed by atoms with Gasteiger partial charge in [-0.25, -0.2) is 9.37 Å². The lowest BCUT2D eigenvalue weighted by Gasteiger charge is -2.09. The predicted octanol–water partition coefficient (Wildman–Crippen LogP) is 2.94. The zero-order valence-electron chi connectivity index (χ0n) is 12.0. The second-order valence-electron chi connectivity index (χ2n) is 4.86. The molecular formula is C16H17FN2O2. The SMILES string of the molecule is CC(C)Oc1ccc(C(=O)NCc2ccc(F)cc2)cn1. The van der Waals surface area contributed by atoms with E-state index in [0.717, 1.165) is 5.56 Å². The Morgan fingerprint density at radius 2 is 1.95 bits per heavy atom. The fourth-order valence-corrected chi connectivity index (χ4v) is 1.71. The van der Waals surface area contributed by atoms with Gasteiger partial charge in [0.2, 0.25) is 5.88 Å². The number of hydrogen-bond acceptors (Lipinski definition) is 3. The lowest BCUT2D eigenvalue weighted by molar-refractivity contribution is 0.0950. The van der Waals surface area contributed by atoms with Crippen LogP contribution >= 0.6 is 0 Å². The molecular weight excluding hydrogens is 271 g/mol. The highest BCUT2D eigenvalue weighted by atomic mass is 19.1. The number of hydrogen-bond donors (Lipinski definition) is 1. The minimum atomic E-state index is -0.296. The van der Waals surface area contributed by atoms with E-state index in [1.54, 1.807) is 24.3 Å². The van der Waals surface area contributed by atoms with E-state index in [1.165, 1.54) is 18.3 Å². The van der Waals surface area contributed by atoms with Gasteiger partial charge in [-0.05, 0) is 37.6 Å². The van der Waals surface area contributed by atoms with Crippen molar-refractivity contribution in [1.29, 1.82) is 0 Å². The zero-order chi connectivity index (χ0) is 15.2. The van der Waals surface area contributed by atoms with Crippen LogP contribution in [0.4, 0.5) is 4.39 Å². The van der Waals surface area contributed by atoms with Crippen LogP contribution in [0.15, 0.2) is 42.6 Å². The van der Waals surface area contributed by atoms with Crippen LogP contribution in [-0.2, 0) is 6.54 Å². The van der Waals surface area contributed by atoms with Crippen LogP contribution in [0.1, 0.15) is 29.8 Å². The van der Waals surface area contributed by atoms with Crippen molar-refractivity contribution in [3.8, 4) is 5.88 Å². The Balaban J connectivity index is 1.92. The number of aromatic nitrogens is 1. The van der Waals surface area contributed by atoms with Gasteiger partial charge in [-0.15, -0.1) is 0 Å². The van der Waals surface area contributed by atoms with Gasteiger partial charge in [0.05, 0.1) is 11.7 Å². The molecule has 0 atom stereocenters. The number of halogens is 1. The molecule has 0 bridgehead atoms. The van der Waals surface area contributed by atoms with Crippen LogP contribution in [0.25, 0.3) is 0 Å². The van der Waals surface area contributed by atoms with Crippen molar-refractivity contribution >= 4 is 5.91 Å². The third kappa shape index (κ3) is 4.56. The smallest absolute Gasteiger partial charge is 0.253 e. The van der Waals surface area contributed by atoms with Crippen molar-refractivity contribution < 1.29 is 13.9 Å². The summed E-state index contributed by atoms with van der Waals surface area (Å²) in [4.78, 5) is 16.0. The van der Waals surface area contributed by atoms with E-state index in [2.05, 4.69) is 10.3 Å². The minimum absolute atomic E-state index is 0.0376. The summed E-state index contributed by atoms with van der Waals surface area (Å²) in [6.07, 6.45) is 1.51. The first-order valence-corrected chi connectivity index (χ1v) is 6.70. The first-order chi connectivity index (χ1) is 10.0. The van der Waals surface area contributed by atoms with Crippen LogP contribution in [0.2, 0.25) is 0 Å². The van der Waals surface area contributed by atoms with Crippen LogP contribution < -0.4 is 10.1 Å². The molecule has 0 aliphatic rings. The molecule has 0 spiro atoms. The molecule has 1 aromatic heterocycles. The maximum absolute atomic E-state index is 12.8. The summed E-state index contributed by atoms with van der Waals surface area (Å²) in [5.74, 6) is -0.0435. The molecule has 0 aliphatic heterocycles. The van der Waals surface area contributed by atoms with Crippen molar-refractivity contribution in [1.82, 2.24) is 10.3 Å². The fourth-order valence-electron chi connectivity index (χ4n) is 1.71. The first kappa shape index (κ1) is 15.0. The second kappa shape index (κ2) is 6.83. The van der Waals surface area contributed by atoms with Crippen LogP contribution in [0, 0.1) is 5.82 Å². The number of ether oxygens (including phenoxy) is 1. The molecule has 1 N–H and O–H groups in total. The Bertz CT molecular complexity index is 595. The van der Waals surface area contributed by atoms with E-state index < -0.39 is 0 Å². The summed E-state index contributed by atoms with van der Waals surface area (Å²) in [6, 6.07) is 9.31. The Kier molecular flexibility index (Phi) is 4.87. The predicted molar refractivity (Wildman–Crippen MR) is 77.6 cm³/mol. The number of carbonyl (C=O) groups is 1. The maximum atomic E-state index is 12.8. The van der Waals surface area contributed by atoms with Gasteiger partial charge in [-0.1, -0.05) is 12.1 Å². The van der Waals surface area contributed by atoms with Gasteiger partial charge < -0.3 is 10.1 Å². The lowest BCUT2D eigenvalue weighted by Crippen LogP contribution is -2.23. The number of benzene rings is 1. The molecule has 0 saturated carbocycles. The summed E-state index contributed by atoms with van der Waals surface area (Å²) >= 11 is 0. The summed E-state index contributed by atoms with van der Waals surface area (Å²) in [7, 11) is 0. The van der Waals surface area contributed by atoms with Crippen molar-refractivity contribution in [2.24, 2.45) is 0 Å². The number of nitrogens with zero attached hydrogens (tertiary/aromatic N) is 1. The summed E-state index contributed by atoms with van der Waals surface area (Å²) in [5, 5.41) is 2.75. The molecule has 0 saturated heterocycles. The third-order valence-electron chi connectivity index (χ3n) is 2.72. The molecule has 110 valence electrons. The molecule has 1 heterocycles. The van der Waals surface area contributed by atoms with Crippen molar-refractivity contribution in [2.45, 2.75) is 26.5 Å². The van der Waals surface area contributed by atoms with E-state index in [1.807, 2.05) is 13.8 Å². The highest BCUT2D eigenvalue weighted by Crippen LogP contribution is 2.10. The molecule has 1 amide bonds. The standard InChI is InChI=1S/C16H17FN2O2/c1-11(2)21-15-8-5-13(10-18-15)16(20)19-9-12-3-6-14(17)7-4-12/h3-8,10-11H,9H2,1-2H3,(H,19,20). The summed E-state index contributed by atoms with van der Waals surface area (Å²) in [5.41, 5.74) is 1.28. The van der Waals surface area contributed by atoms with E-state index in [0.29, 0.717) is 18.0 Å². The van der Waals surface area contributed by atoms with E-state index in [9.17, 15) is 9.18 Å². The molecule has 0 radical (unpaired) electrons. The molecule has 1 aromatic carbocycles. The summed E-state index contributed by atoms with van der Waals surface area (Å²) in [6.45, 7) is 4.15. The van der Waals surface area contributed by atoms with Gasteiger partial charge in [0.1, 0.15) is 5.82 Å². The van der Waals surface area contributed by atoms with Crippen molar-refractivity contribution in [2.75, 3.05) is 0 Å². The van der Waals surface area contributed by atoms with Crippen LogP contribution in [-0.4, -0.2) is 17.0 Å². The third-order valence-corrected chi connectivity index (χ3v) is 2.72. The quantitative estimate of drug-likeness (QED) is 0.920. The van der Waals surface area contributed by atoms with E-state index in [4.69, 9.17) is 4.74 Å². The Morgan fingerprint density at radius 1 is 1.24 bits per heavy atom. The Hall–Kier alpha value is -2.43. The lowest BCUT2D eigenvalue weighted by atomic mass is 10.2. The minimum Gasteiger partial charge on any atom is -0.475 e. The molecule has 0 fully saturated rings. The average Bonchev–Trinajstić information content (AvgIpc) is 2.46. The van der Waals surface area contributed by atoms with Gasteiger partial charge >= 0.3 is 0 Å². The van der Waals surface area contributed by atoms with E-state index in [-0.39, 0.29) is 17.8 Å². The fraction of sp³-hybridized carbons (Fsp3) is 0.250. The average molecular weight is 288 g/mol. The zero-order valence-corrected chi connectivity index (χ0v) is 12.0. The van der Waals surface area contributed by atoms with Crippen molar-refractivity contribution in [3.63, 3.8) is 0 Å². The molecule has 2 aromatic rings. The maximum Gasteiger partial charge on any atom is 0.253 e. The molecule has 21 heavy (non-hydrogen) atoms. The van der Waals surface area contributed by atoms with Gasteiger partial charge in [-0.3, -0.25) is 4.79 Å². The van der Waals surface area contributed by atoms with Crippen LogP contribution in [0.5, 0.6) is 5.88 Å². The topological polar surface area (TPSA) is 51.2 Å². The monoisotopic (exact) mass is 288 g/mol.